The second-order valence-electron chi connectivity index (χ2n) is 9.28. The van der Waals surface area contributed by atoms with E-state index in [-0.39, 0.29) is 11.0 Å². The minimum absolute atomic E-state index is 0.193. The van der Waals surface area contributed by atoms with Crippen molar-refractivity contribution in [2.24, 2.45) is 17.3 Å². The van der Waals surface area contributed by atoms with Gasteiger partial charge in [-0.25, -0.2) is 0 Å². The summed E-state index contributed by atoms with van der Waals surface area (Å²) in [6, 6.07) is 18.2. The number of benzene rings is 2. The summed E-state index contributed by atoms with van der Waals surface area (Å²) in [7, 11) is 0. The summed E-state index contributed by atoms with van der Waals surface area (Å²) in [6.45, 7) is 0.799. The predicted molar refractivity (Wildman–Crippen MR) is 110 cm³/mol. The Balaban J connectivity index is 1.25. The summed E-state index contributed by atoms with van der Waals surface area (Å²) in [5.74, 6) is 2.01. The third-order valence-electron chi connectivity index (χ3n) is 7.31. The average Bonchev–Trinajstić information content (AvgIpc) is 3.46. The van der Waals surface area contributed by atoms with Crippen LogP contribution in [0.1, 0.15) is 50.5 Å². The summed E-state index contributed by atoms with van der Waals surface area (Å²) in [5, 5.41) is 9.02. The average molecular weight is 392 g/mol. The molecule has 0 aromatic heterocycles. The van der Waals surface area contributed by atoms with Gasteiger partial charge in [0, 0.05) is 6.42 Å². The number of carboxylic acids is 1. The molecule has 0 amide bonds. The lowest BCUT2D eigenvalue weighted by Gasteiger charge is -2.53. The molecule has 4 heteroatoms. The lowest BCUT2D eigenvalue weighted by Crippen LogP contribution is -2.49. The van der Waals surface area contributed by atoms with E-state index >= 15 is 0 Å². The Morgan fingerprint density at radius 1 is 1.00 bits per heavy atom. The maximum atomic E-state index is 11.0. The van der Waals surface area contributed by atoms with E-state index < -0.39 is 5.97 Å². The van der Waals surface area contributed by atoms with Crippen LogP contribution in [-0.4, -0.2) is 17.7 Å². The van der Waals surface area contributed by atoms with Crippen molar-refractivity contribution in [3.8, 4) is 11.5 Å². The quantitative estimate of drug-likeness (QED) is 0.650. The van der Waals surface area contributed by atoms with Crippen molar-refractivity contribution in [1.82, 2.24) is 0 Å². The maximum Gasteiger partial charge on any atom is 0.303 e. The van der Waals surface area contributed by atoms with Crippen LogP contribution in [0.2, 0.25) is 0 Å². The van der Waals surface area contributed by atoms with Crippen LogP contribution in [0.5, 0.6) is 11.5 Å². The molecule has 2 bridgehead atoms. The summed E-state index contributed by atoms with van der Waals surface area (Å²) in [4.78, 5) is 11.0. The predicted octanol–water partition coefficient (Wildman–Crippen LogP) is 5.77. The van der Waals surface area contributed by atoms with Gasteiger partial charge < -0.3 is 14.6 Å². The van der Waals surface area contributed by atoms with E-state index in [1.165, 1.54) is 18.4 Å². The Labute approximate surface area is 171 Å². The van der Waals surface area contributed by atoms with Crippen LogP contribution in [0, 0.1) is 17.3 Å². The maximum absolute atomic E-state index is 11.0. The molecule has 2 aliphatic heterocycles. The Morgan fingerprint density at radius 2 is 1.76 bits per heavy atom. The summed E-state index contributed by atoms with van der Waals surface area (Å²) >= 11 is 0. The molecule has 2 saturated carbocycles. The number of hydrogen-bond donors (Lipinski definition) is 1. The number of hydrogen-bond acceptors (Lipinski definition) is 3. The zero-order chi connectivity index (χ0) is 19.9. The summed E-state index contributed by atoms with van der Waals surface area (Å²) < 4.78 is 12.6. The van der Waals surface area contributed by atoms with Crippen LogP contribution in [0.4, 0.5) is 0 Å². The molecule has 2 aromatic carbocycles. The van der Waals surface area contributed by atoms with Gasteiger partial charge in [-0.1, -0.05) is 30.3 Å². The molecular weight excluding hydrogens is 364 g/mol. The van der Waals surface area contributed by atoms with Crippen molar-refractivity contribution in [2.45, 2.75) is 50.5 Å². The molecule has 152 valence electrons. The van der Waals surface area contributed by atoms with Gasteiger partial charge in [-0.05, 0) is 85.6 Å². The van der Waals surface area contributed by atoms with Gasteiger partial charge in [0.05, 0.1) is 12.2 Å². The molecule has 4 nitrogen and oxygen atoms in total. The first-order valence-electron chi connectivity index (χ1n) is 10.8. The van der Waals surface area contributed by atoms with E-state index in [1.807, 2.05) is 36.4 Å². The first-order chi connectivity index (χ1) is 14.1. The van der Waals surface area contributed by atoms with Gasteiger partial charge in [-0.15, -0.1) is 0 Å². The minimum Gasteiger partial charge on any atom is -0.481 e. The van der Waals surface area contributed by atoms with E-state index in [0.29, 0.717) is 18.3 Å². The molecule has 0 unspecified atom stereocenters. The molecular formula is C25H28O4. The number of fused-ring (bicyclic) bond motifs is 3. The molecule has 29 heavy (non-hydrogen) atoms. The van der Waals surface area contributed by atoms with Gasteiger partial charge in [-0.3, -0.25) is 4.79 Å². The van der Waals surface area contributed by atoms with Crippen molar-refractivity contribution in [3.63, 3.8) is 0 Å². The van der Waals surface area contributed by atoms with Gasteiger partial charge in [0.1, 0.15) is 11.5 Å². The molecule has 2 aliphatic carbocycles. The lowest BCUT2D eigenvalue weighted by molar-refractivity contribution is -0.193. The molecule has 4 fully saturated rings. The van der Waals surface area contributed by atoms with Gasteiger partial charge in [0.2, 0.25) is 0 Å². The van der Waals surface area contributed by atoms with Crippen molar-refractivity contribution in [2.75, 3.05) is 6.61 Å². The van der Waals surface area contributed by atoms with Crippen LogP contribution >= 0.6 is 0 Å². The van der Waals surface area contributed by atoms with Gasteiger partial charge in [0.25, 0.3) is 0 Å². The zero-order valence-electron chi connectivity index (χ0n) is 16.7. The van der Waals surface area contributed by atoms with E-state index in [2.05, 4.69) is 18.2 Å². The normalized spacial score (nSPS) is 32.7. The largest absolute Gasteiger partial charge is 0.481 e. The van der Waals surface area contributed by atoms with E-state index in [9.17, 15) is 4.79 Å². The van der Waals surface area contributed by atoms with E-state index in [4.69, 9.17) is 14.6 Å². The van der Waals surface area contributed by atoms with E-state index in [0.717, 1.165) is 43.8 Å². The number of rotatable bonds is 7. The molecule has 4 aliphatic rings. The van der Waals surface area contributed by atoms with Crippen LogP contribution < -0.4 is 4.74 Å². The SMILES string of the molecule is O=C(O)C[C@@H]1C[C@H]1CC12CCC(c3cccc(Oc4ccccc4)c3)(CC1)OC2. The molecule has 2 aromatic rings. The first-order valence-corrected chi connectivity index (χ1v) is 10.8. The molecule has 6 rings (SSSR count). The smallest absolute Gasteiger partial charge is 0.303 e. The van der Waals surface area contributed by atoms with Gasteiger partial charge in [-0.2, -0.15) is 0 Å². The Morgan fingerprint density at radius 3 is 2.45 bits per heavy atom. The van der Waals surface area contributed by atoms with Crippen molar-refractivity contribution in [1.29, 1.82) is 0 Å². The monoisotopic (exact) mass is 392 g/mol. The molecule has 2 heterocycles. The third kappa shape index (κ3) is 3.78. The van der Waals surface area contributed by atoms with Crippen LogP contribution in [0.25, 0.3) is 0 Å². The Kier molecular flexibility index (Phi) is 4.62. The van der Waals surface area contributed by atoms with Gasteiger partial charge in [0.15, 0.2) is 0 Å². The molecule has 2 atom stereocenters. The fourth-order valence-corrected chi connectivity index (χ4v) is 5.46. The zero-order valence-corrected chi connectivity index (χ0v) is 16.7. The minimum atomic E-state index is -0.657. The highest BCUT2D eigenvalue weighted by Gasteiger charge is 2.53. The fraction of sp³-hybridized carbons (Fsp3) is 0.480. The van der Waals surface area contributed by atoms with Crippen LogP contribution in [-0.2, 0) is 15.1 Å². The molecule has 2 saturated heterocycles. The second kappa shape index (κ2) is 7.17. The highest BCUT2D eigenvalue weighted by Crippen LogP contribution is 2.59. The first kappa shape index (κ1) is 18.7. The number of carboxylic acid groups (broad SMARTS) is 1. The Hall–Kier alpha value is -2.33. The summed E-state index contributed by atoms with van der Waals surface area (Å²) in [5.41, 5.74) is 1.29. The van der Waals surface area contributed by atoms with Crippen molar-refractivity contribution >= 4 is 5.97 Å². The molecule has 1 N–H and O–H groups in total. The number of para-hydroxylation sites is 1. The third-order valence-corrected chi connectivity index (χ3v) is 7.31. The van der Waals surface area contributed by atoms with Gasteiger partial charge >= 0.3 is 5.97 Å². The number of aliphatic carboxylic acids is 1. The number of ether oxygens (including phenoxy) is 2. The topological polar surface area (TPSA) is 55.8 Å². The Bertz CT molecular complexity index is 866. The van der Waals surface area contributed by atoms with E-state index in [1.54, 1.807) is 0 Å². The van der Waals surface area contributed by atoms with Crippen molar-refractivity contribution in [3.05, 3.63) is 60.2 Å². The lowest BCUT2D eigenvalue weighted by atomic mass is 9.62. The highest BCUT2D eigenvalue weighted by molar-refractivity contribution is 5.67. The van der Waals surface area contributed by atoms with Crippen LogP contribution in [0.15, 0.2) is 54.6 Å². The molecule has 0 spiro atoms. The summed E-state index contributed by atoms with van der Waals surface area (Å²) in [6.07, 6.45) is 6.98. The number of carbonyl (C=O) groups is 1. The molecule has 0 radical (unpaired) electrons. The fourth-order valence-electron chi connectivity index (χ4n) is 5.46. The second-order valence-corrected chi connectivity index (χ2v) is 9.28. The van der Waals surface area contributed by atoms with Crippen molar-refractivity contribution < 1.29 is 19.4 Å². The highest BCUT2D eigenvalue weighted by atomic mass is 16.5. The van der Waals surface area contributed by atoms with Crippen LogP contribution in [0.3, 0.4) is 0 Å². The standard InChI is InChI=1S/C25H28O4/c26-23(27)14-18-13-19(18)16-24-9-11-25(12-10-24,28-17-24)20-5-4-8-22(15-20)29-21-6-2-1-3-7-21/h1-8,15,18-19H,9-14,16-17H2,(H,26,27)/t18-,19-,24?,25?/m0/s1.